The highest BCUT2D eigenvalue weighted by Crippen LogP contribution is 2.37. The smallest absolute Gasteiger partial charge is 0.354 e. The first-order valence-corrected chi connectivity index (χ1v) is 9.63. The topological polar surface area (TPSA) is 64.7 Å². The predicted octanol–water partition coefficient (Wildman–Crippen LogP) is 3.62. The molecule has 6 nitrogen and oxygen atoms in total. The van der Waals surface area contributed by atoms with Gasteiger partial charge in [0.1, 0.15) is 11.7 Å². The lowest BCUT2D eigenvalue weighted by Gasteiger charge is -2.15. The summed E-state index contributed by atoms with van der Waals surface area (Å²) in [4.78, 5) is 12.4. The molecule has 1 aliphatic rings. The lowest BCUT2D eigenvalue weighted by atomic mass is 10.2. The van der Waals surface area contributed by atoms with Gasteiger partial charge < -0.3 is 5.32 Å². The normalized spacial score (nSPS) is 15.0. The van der Waals surface area contributed by atoms with E-state index in [1.165, 1.54) is 0 Å². The molecule has 1 N–H and O–H groups in total. The Balaban J connectivity index is 1.58. The highest BCUT2D eigenvalue weighted by atomic mass is 35.5. The van der Waals surface area contributed by atoms with Crippen molar-refractivity contribution in [2.24, 2.45) is 0 Å². The average Bonchev–Trinajstić information content (AvgIpc) is 3.26. The van der Waals surface area contributed by atoms with Crippen molar-refractivity contribution in [2.45, 2.75) is 65.2 Å². The van der Waals surface area contributed by atoms with Gasteiger partial charge in [-0.25, -0.2) is 0 Å². The summed E-state index contributed by atoms with van der Waals surface area (Å²) in [5.74, 6) is -0.263. The predicted molar refractivity (Wildman–Crippen MR) is 98.3 cm³/mol. The second kappa shape index (κ2) is 7.77. The number of aromatic nitrogens is 4. The molecule has 10 heteroatoms. The van der Waals surface area contributed by atoms with E-state index in [9.17, 15) is 18.0 Å². The number of carbonyl (C=O) groups excluding carboxylic acids is 1. The molecule has 1 aliphatic carbocycles. The first-order chi connectivity index (χ1) is 13.1. The second-order valence-electron chi connectivity index (χ2n) is 7.10. The maximum atomic E-state index is 13.4. The third-order valence-electron chi connectivity index (χ3n) is 5.07. The van der Waals surface area contributed by atoms with Crippen molar-refractivity contribution < 1.29 is 18.0 Å². The zero-order valence-electron chi connectivity index (χ0n) is 16.0. The first-order valence-electron chi connectivity index (χ1n) is 9.26. The van der Waals surface area contributed by atoms with Gasteiger partial charge in [-0.05, 0) is 46.5 Å². The van der Waals surface area contributed by atoms with Gasteiger partial charge in [0.25, 0.3) is 0 Å². The summed E-state index contributed by atoms with van der Waals surface area (Å²) in [5, 5.41) is 11.7. The number of nitrogens with one attached hydrogen (secondary N) is 1. The standard InChI is InChI=1S/C18H23ClF3N5O/c1-10-15(19)11(2)27(24-10)12(3)17(28)23-8-5-9-26-16(18(20,21)22)13-6-4-7-14(13)25-26/h12H,4-9H2,1-3H3,(H,23,28)/t12-/m1/s1. The van der Waals surface area contributed by atoms with E-state index in [-0.39, 0.29) is 19.0 Å². The molecular weight excluding hydrogens is 395 g/mol. The lowest BCUT2D eigenvalue weighted by Crippen LogP contribution is -2.33. The van der Waals surface area contributed by atoms with Crippen molar-refractivity contribution in [1.82, 2.24) is 24.9 Å². The molecule has 0 aliphatic heterocycles. The molecule has 154 valence electrons. The van der Waals surface area contributed by atoms with Crippen LogP contribution in [0, 0.1) is 13.8 Å². The van der Waals surface area contributed by atoms with E-state index < -0.39 is 17.9 Å². The maximum absolute atomic E-state index is 13.4. The lowest BCUT2D eigenvalue weighted by molar-refractivity contribution is -0.144. The Morgan fingerprint density at radius 1 is 1.29 bits per heavy atom. The van der Waals surface area contributed by atoms with E-state index in [4.69, 9.17) is 11.6 Å². The SMILES string of the molecule is Cc1nn([C@H](C)C(=O)NCCCn2nc3c(c2C(F)(F)F)CCC3)c(C)c1Cl. The average molecular weight is 418 g/mol. The Morgan fingerprint density at radius 2 is 2.00 bits per heavy atom. The van der Waals surface area contributed by atoms with E-state index in [0.717, 1.165) is 4.68 Å². The summed E-state index contributed by atoms with van der Waals surface area (Å²) in [6, 6.07) is -0.564. The van der Waals surface area contributed by atoms with Crippen LogP contribution < -0.4 is 5.32 Å². The molecule has 0 fully saturated rings. The van der Waals surface area contributed by atoms with Crippen LogP contribution in [-0.2, 0) is 30.4 Å². The van der Waals surface area contributed by atoms with E-state index in [1.807, 2.05) is 0 Å². The highest BCUT2D eigenvalue weighted by molar-refractivity contribution is 6.31. The largest absolute Gasteiger partial charge is 0.433 e. The van der Waals surface area contributed by atoms with Gasteiger partial charge in [-0.15, -0.1) is 0 Å². The van der Waals surface area contributed by atoms with Crippen LogP contribution >= 0.6 is 11.6 Å². The van der Waals surface area contributed by atoms with Crippen LogP contribution in [0.2, 0.25) is 5.02 Å². The molecule has 2 aromatic rings. The first kappa shape index (κ1) is 20.7. The van der Waals surface area contributed by atoms with Crippen molar-refractivity contribution in [3.8, 4) is 0 Å². The molecule has 0 unspecified atom stereocenters. The second-order valence-corrected chi connectivity index (χ2v) is 7.48. The van der Waals surface area contributed by atoms with Crippen molar-refractivity contribution in [3.05, 3.63) is 33.4 Å². The summed E-state index contributed by atoms with van der Waals surface area (Å²) in [6.07, 6.45) is -2.35. The Labute approximate surface area is 166 Å². The van der Waals surface area contributed by atoms with Crippen molar-refractivity contribution in [3.63, 3.8) is 0 Å². The zero-order valence-corrected chi connectivity index (χ0v) is 16.8. The van der Waals surface area contributed by atoms with Crippen LogP contribution in [-0.4, -0.2) is 32.0 Å². The number of hydrogen-bond donors (Lipinski definition) is 1. The summed E-state index contributed by atoms with van der Waals surface area (Å²) >= 11 is 6.11. The Morgan fingerprint density at radius 3 is 2.61 bits per heavy atom. The minimum atomic E-state index is -4.42. The molecule has 2 aromatic heterocycles. The summed E-state index contributed by atoms with van der Waals surface area (Å²) in [7, 11) is 0. The molecule has 0 saturated heterocycles. The van der Waals surface area contributed by atoms with Gasteiger partial charge in [-0.1, -0.05) is 11.6 Å². The number of carbonyl (C=O) groups is 1. The Hall–Kier alpha value is -2.03. The number of nitrogens with zero attached hydrogens (tertiary/aromatic N) is 4. The monoisotopic (exact) mass is 417 g/mol. The number of fused-ring (bicyclic) bond motifs is 1. The van der Waals surface area contributed by atoms with Gasteiger partial charge in [0.2, 0.25) is 5.91 Å². The Bertz CT molecular complexity index is 887. The molecule has 0 radical (unpaired) electrons. The molecule has 0 saturated carbocycles. The minimum absolute atomic E-state index is 0.0994. The summed E-state index contributed by atoms with van der Waals surface area (Å²) < 4.78 is 42.8. The van der Waals surface area contributed by atoms with Crippen molar-refractivity contribution in [2.75, 3.05) is 6.54 Å². The minimum Gasteiger partial charge on any atom is -0.354 e. The molecule has 1 amide bonds. The highest BCUT2D eigenvalue weighted by Gasteiger charge is 2.40. The van der Waals surface area contributed by atoms with E-state index >= 15 is 0 Å². The van der Waals surface area contributed by atoms with Gasteiger partial charge >= 0.3 is 6.18 Å². The number of aryl methyl sites for hydroxylation is 3. The molecule has 1 atom stereocenters. The fraction of sp³-hybridized carbons (Fsp3) is 0.611. The van der Waals surface area contributed by atoms with Crippen molar-refractivity contribution >= 4 is 17.5 Å². The van der Waals surface area contributed by atoms with E-state index in [1.54, 1.807) is 25.5 Å². The van der Waals surface area contributed by atoms with Gasteiger partial charge in [0, 0.05) is 18.7 Å². The van der Waals surface area contributed by atoms with Crippen LogP contribution in [0.25, 0.3) is 0 Å². The van der Waals surface area contributed by atoms with E-state index in [2.05, 4.69) is 15.5 Å². The number of rotatable bonds is 6. The van der Waals surface area contributed by atoms with Crippen LogP contribution in [0.1, 0.15) is 54.1 Å². The van der Waals surface area contributed by atoms with Crippen LogP contribution in [0.3, 0.4) is 0 Å². The third-order valence-corrected chi connectivity index (χ3v) is 5.62. The fourth-order valence-corrected chi connectivity index (χ4v) is 3.77. The molecule has 0 bridgehead atoms. The van der Waals surface area contributed by atoms with Gasteiger partial charge in [0.05, 0.1) is 22.1 Å². The maximum Gasteiger partial charge on any atom is 0.433 e. The van der Waals surface area contributed by atoms with Gasteiger partial charge in [-0.2, -0.15) is 23.4 Å². The van der Waals surface area contributed by atoms with Crippen LogP contribution in [0.4, 0.5) is 13.2 Å². The number of hydrogen-bond acceptors (Lipinski definition) is 3. The fourth-order valence-electron chi connectivity index (χ4n) is 3.64. The van der Waals surface area contributed by atoms with E-state index in [0.29, 0.717) is 53.4 Å². The molecule has 3 rings (SSSR count). The number of alkyl halides is 3. The van der Waals surface area contributed by atoms with Crippen LogP contribution in [0.15, 0.2) is 0 Å². The number of amides is 1. The third kappa shape index (κ3) is 3.90. The van der Waals surface area contributed by atoms with Crippen LogP contribution in [0.5, 0.6) is 0 Å². The number of halogens is 4. The van der Waals surface area contributed by atoms with Gasteiger partial charge in [0.15, 0.2) is 0 Å². The van der Waals surface area contributed by atoms with Gasteiger partial charge in [-0.3, -0.25) is 14.2 Å². The molecular formula is C18H23ClF3N5O. The molecule has 28 heavy (non-hydrogen) atoms. The quantitative estimate of drug-likeness (QED) is 0.730. The van der Waals surface area contributed by atoms with Crippen molar-refractivity contribution in [1.29, 1.82) is 0 Å². The molecule has 0 aromatic carbocycles. The summed E-state index contributed by atoms with van der Waals surface area (Å²) in [5.41, 5.74) is 1.57. The zero-order chi connectivity index (χ0) is 20.6. The Kier molecular flexibility index (Phi) is 5.74. The molecule has 0 spiro atoms. The summed E-state index contributed by atoms with van der Waals surface area (Å²) in [6.45, 7) is 5.59. The molecule has 2 heterocycles.